The van der Waals surface area contributed by atoms with Crippen molar-refractivity contribution >= 4 is 23.9 Å². The minimum atomic E-state index is -1.26. The maximum absolute atomic E-state index is 11.7. The molecule has 0 N–H and O–H groups in total. The van der Waals surface area contributed by atoms with E-state index in [2.05, 4.69) is 6.58 Å². The third kappa shape index (κ3) is 8.89. The van der Waals surface area contributed by atoms with E-state index in [1.807, 2.05) is 0 Å². The lowest BCUT2D eigenvalue weighted by Gasteiger charge is -2.44. The van der Waals surface area contributed by atoms with Crippen molar-refractivity contribution in [1.29, 1.82) is 0 Å². The van der Waals surface area contributed by atoms with Gasteiger partial charge in [0.15, 0.2) is 24.6 Å². The molecule has 30 heavy (non-hydrogen) atoms. The highest BCUT2D eigenvalue weighted by Gasteiger charge is 2.52. The largest absolute Gasteiger partial charge is 0.463 e. The predicted molar refractivity (Wildman–Crippen MR) is 98.9 cm³/mol. The highest BCUT2D eigenvalue weighted by Crippen LogP contribution is 2.29. The Morgan fingerprint density at radius 3 is 1.93 bits per heavy atom. The number of esters is 4. The van der Waals surface area contributed by atoms with Crippen molar-refractivity contribution in [2.24, 2.45) is 0 Å². The van der Waals surface area contributed by atoms with Gasteiger partial charge in [-0.25, -0.2) is 0 Å². The van der Waals surface area contributed by atoms with Crippen LogP contribution in [0.2, 0.25) is 0 Å². The summed E-state index contributed by atoms with van der Waals surface area (Å²) in [5.41, 5.74) is 0. The molecule has 0 amide bonds. The minimum absolute atomic E-state index is 0.0432. The number of hydrogen-bond donors (Lipinski definition) is 0. The summed E-state index contributed by atoms with van der Waals surface area (Å²) in [5, 5.41) is 0. The molecule has 0 spiro atoms. The third-order valence-electron chi connectivity index (χ3n) is 3.69. The molecule has 170 valence electrons. The molecule has 0 aliphatic carbocycles. The summed E-state index contributed by atoms with van der Waals surface area (Å²) in [6.07, 6.45) is -4.42. The zero-order valence-corrected chi connectivity index (χ0v) is 17.5. The van der Waals surface area contributed by atoms with Gasteiger partial charge in [0.25, 0.3) is 0 Å². The number of hydrogen-bond acceptors (Lipinski definition) is 11. The van der Waals surface area contributed by atoms with E-state index in [0.717, 1.165) is 20.8 Å². The van der Waals surface area contributed by atoms with Crippen LogP contribution in [0, 0.1) is 0 Å². The molecule has 0 aromatic rings. The Morgan fingerprint density at radius 2 is 1.40 bits per heavy atom. The van der Waals surface area contributed by atoms with Crippen molar-refractivity contribution in [3.63, 3.8) is 0 Å². The quantitative estimate of drug-likeness (QED) is 0.193. The fourth-order valence-electron chi connectivity index (χ4n) is 2.71. The van der Waals surface area contributed by atoms with Gasteiger partial charge in [-0.1, -0.05) is 6.08 Å². The second-order valence-corrected chi connectivity index (χ2v) is 6.30. The van der Waals surface area contributed by atoms with E-state index in [0.29, 0.717) is 6.61 Å². The van der Waals surface area contributed by atoms with Gasteiger partial charge in [-0.2, -0.15) is 0 Å². The summed E-state index contributed by atoms with van der Waals surface area (Å²) < 4.78 is 37.4. The molecular formula is C19H28O11. The van der Waals surface area contributed by atoms with Crippen LogP contribution in [0.5, 0.6) is 0 Å². The molecule has 1 fully saturated rings. The summed E-state index contributed by atoms with van der Waals surface area (Å²) in [5.74, 6) is -2.71. The molecule has 0 bridgehead atoms. The van der Waals surface area contributed by atoms with E-state index in [1.54, 1.807) is 6.08 Å². The normalized spacial score (nSPS) is 25.7. The first kappa shape index (κ1) is 25.5. The maximum Gasteiger partial charge on any atom is 0.303 e. The second-order valence-electron chi connectivity index (χ2n) is 6.30. The molecule has 1 aliphatic heterocycles. The summed E-state index contributed by atoms with van der Waals surface area (Å²) in [6, 6.07) is 0. The Balaban J connectivity index is 3.14. The lowest BCUT2D eigenvalue weighted by Crippen LogP contribution is -2.63. The molecule has 5 atom stereocenters. The Kier molecular flexibility index (Phi) is 11.0. The van der Waals surface area contributed by atoms with Crippen molar-refractivity contribution in [1.82, 2.24) is 0 Å². The molecule has 2 unspecified atom stereocenters. The molecule has 1 saturated heterocycles. The Bertz CT molecular complexity index is 618. The van der Waals surface area contributed by atoms with Gasteiger partial charge in [0.1, 0.15) is 12.7 Å². The fourth-order valence-corrected chi connectivity index (χ4v) is 2.71. The van der Waals surface area contributed by atoms with Gasteiger partial charge in [0.2, 0.25) is 0 Å². The lowest BCUT2D eigenvalue weighted by atomic mass is 9.98. The van der Waals surface area contributed by atoms with Crippen LogP contribution in [0.3, 0.4) is 0 Å². The first-order valence-electron chi connectivity index (χ1n) is 9.26. The maximum atomic E-state index is 11.7. The van der Waals surface area contributed by atoms with Crippen LogP contribution >= 0.6 is 0 Å². The van der Waals surface area contributed by atoms with Gasteiger partial charge in [0, 0.05) is 27.7 Å². The van der Waals surface area contributed by atoms with E-state index in [4.69, 9.17) is 33.2 Å². The smallest absolute Gasteiger partial charge is 0.303 e. The van der Waals surface area contributed by atoms with Crippen LogP contribution in [0.1, 0.15) is 27.7 Å². The first-order valence-corrected chi connectivity index (χ1v) is 9.26. The van der Waals surface area contributed by atoms with Crippen LogP contribution in [0.25, 0.3) is 0 Å². The Labute approximate surface area is 174 Å². The van der Waals surface area contributed by atoms with Gasteiger partial charge in [-0.05, 0) is 0 Å². The van der Waals surface area contributed by atoms with Crippen LogP contribution in [0.15, 0.2) is 12.7 Å². The minimum Gasteiger partial charge on any atom is -0.463 e. The summed E-state index contributed by atoms with van der Waals surface area (Å²) in [7, 11) is 0. The van der Waals surface area contributed by atoms with Crippen molar-refractivity contribution in [3.05, 3.63) is 12.7 Å². The second kappa shape index (κ2) is 12.9. The topological polar surface area (TPSA) is 133 Å². The van der Waals surface area contributed by atoms with E-state index < -0.39 is 54.6 Å². The van der Waals surface area contributed by atoms with E-state index in [9.17, 15) is 19.2 Å². The van der Waals surface area contributed by atoms with E-state index in [-0.39, 0.29) is 19.8 Å². The third-order valence-corrected chi connectivity index (χ3v) is 3.69. The monoisotopic (exact) mass is 432 g/mol. The van der Waals surface area contributed by atoms with Crippen LogP contribution in [0.4, 0.5) is 0 Å². The van der Waals surface area contributed by atoms with Crippen molar-refractivity contribution in [2.75, 3.05) is 26.4 Å². The molecule has 11 heteroatoms. The summed E-state index contributed by atoms with van der Waals surface area (Å²) >= 11 is 0. The molecule has 11 nitrogen and oxygen atoms in total. The van der Waals surface area contributed by atoms with E-state index >= 15 is 0 Å². The number of ether oxygens (including phenoxy) is 7. The van der Waals surface area contributed by atoms with Crippen LogP contribution in [-0.4, -0.2) is 81.0 Å². The number of carbonyl (C=O) groups is 4. The van der Waals surface area contributed by atoms with Crippen LogP contribution in [-0.2, 0) is 52.3 Å². The molecule has 0 aromatic heterocycles. The number of carbonyl (C=O) groups excluding carboxylic acids is 4. The average molecular weight is 432 g/mol. The molecule has 1 aliphatic rings. The van der Waals surface area contributed by atoms with Gasteiger partial charge >= 0.3 is 23.9 Å². The van der Waals surface area contributed by atoms with Crippen molar-refractivity contribution < 1.29 is 52.3 Å². The molecule has 0 saturated carbocycles. The molecule has 1 rings (SSSR count). The van der Waals surface area contributed by atoms with Crippen LogP contribution < -0.4 is 0 Å². The lowest BCUT2D eigenvalue weighted by molar-refractivity contribution is -0.309. The average Bonchev–Trinajstić information content (AvgIpc) is 2.63. The first-order chi connectivity index (χ1) is 14.1. The molecule has 0 radical (unpaired) electrons. The van der Waals surface area contributed by atoms with Gasteiger partial charge in [-0.15, -0.1) is 6.58 Å². The van der Waals surface area contributed by atoms with Crippen molar-refractivity contribution in [3.8, 4) is 0 Å². The highest BCUT2D eigenvalue weighted by atomic mass is 16.7. The predicted octanol–water partition coefficient (Wildman–Crippen LogP) is 0.289. The fraction of sp³-hybridized carbons (Fsp3) is 0.684. The summed E-state index contributed by atoms with van der Waals surface area (Å²) in [4.78, 5) is 46.2. The van der Waals surface area contributed by atoms with Gasteiger partial charge < -0.3 is 33.2 Å². The Hall–Kier alpha value is -2.50. The Morgan fingerprint density at radius 1 is 0.833 bits per heavy atom. The zero-order valence-electron chi connectivity index (χ0n) is 17.5. The standard InChI is InChI=1S/C19H28O11/c1-6-7-24-8-9-25-19-18(29-14(5)23)17(28-13(4)22)16(27-12(3)21)15(30-19)10-26-11(2)20/h6,15-19H,1,7-10H2,2-5H3/t15?,16-,17+,18?,19+/m1/s1. The molecule has 0 aromatic carbocycles. The SMILES string of the molecule is C=CCOCCO[C@H]1OC(COC(C)=O)[C@@H](OC(C)=O)[C@H](OC(C)=O)C1OC(C)=O. The van der Waals surface area contributed by atoms with Gasteiger partial charge in [0.05, 0.1) is 19.8 Å². The molecular weight excluding hydrogens is 404 g/mol. The van der Waals surface area contributed by atoms with Gasteiger partial charge in [-0.3, -0.25) is 19.2 Å². The number of rotatable bonds is 11. The zero-order chi connectivity index (χ0) is 22.7. The highest BCUT2D eigenvalue weighted by molar-refractivity contribution is 5.68. The van der Waals surface area contributed by atoms with Crippen molar-refractivity contribution in [2.45, 2.75) is 58.4 Å². The summed E-state index contributed by atoms with van der Waals surface area (Å²) in [6.45, 7) is 8.38. The molecule has 1 heterocycles. The van der Waals surface area contributed by atoms with E-state index in [1.165, 1.54) is 6.92 Å².